The maximum absolute atomic E-state index is 12.3. The molecule has 0 saturated heterocycles. The van der Waals surface area contributed by atoms with E-state index in [0.717, 1.165) is 0 Å². The van der Waals surface area contributed by atoms with E-state index in [-0.39, 0.29) is 11.3 Å². The van der Waals surface area contributed by atoms with Crippen molar-refractivity contribution in [3.8, 4) is 28.7 Å². The molecule has 0 amide bonds. The third-order valence-electron chi connectivity index (χ3n) is 4.33. The summed E-state index contributed by atoms with van der Waals surface area (Å²) in [5, 5.41) is 20.9. The first-order chi connectivity index (χ1) is 14.4. The van der Waals surface area contributed by atoms with Gasteiger partial charge in [0.2, 0.25) is 0 Å². The van der Waals surface area contributed by atoms with Crippen LogP contribution in [-0.4, -0.2) is 24.1 Å². The van der Waals surface area contributed by atoms with Crippen LogP contribution in [0.3, 0.4) is 0 Å². The Hall–Kier alpha value is -3.77. The van der Waals surface area contributed by atoms with Gasteiger partial charge in [0, 0.05) is 33.8 Å². The Balaban J connectivity index is 2.25. The normalized spacial score (nSPS) is 10.3. The summed E-state index contributed by atoms with van der Waals surface area (Å²) in [5.74, 6) is 1.21. The van der Waals surface area contributed by atoms with Gasteiger partial charge in [-0.2, -0.15) is 5.26 Å². The Morgan fingerprint density at radius 2 is 1.83 bits per heavy atom. The average Bonchev–Trinajstić information content (AvgIpc) is 2.73. The van der Waals surface area contributed by atoms with Gasteiger partial charge in [-0.05, 0) is 37.3 Å². The van der Waals surface area contributed by atoms with Crippen LogP contribution in [0.25, 0.3) is 11.1 Å². The minimum absolute atomic E-state index is 0.111. The highest BCUT2D eigenvalue weighted by Gasteiger charge is 2.19. The van der Waals surface area contributed by atoms with Gasteiger partial charge in [0.1, 0.15) is 23.1 Å². The number of hydrogen-bond donors (Lipinski definition) is 1. The van der Waals surface area contributed by atoms with Crippen molar-refractivity contribution in [1.82, 2.24) is 4.98 Å². The Labute approximate surface area is 176 Å². The second-order valence-corrected chi connectivity index (χ2v) is 7.32. The molecule has 0 fully saturated rings. The van der Waals surface area contributed by atoms with Gasteiger partial charge in [-0.25, -0.2) is 0 Å². The van der Waals surface area contributed by atoms with E-state index in [1.165, 1.54) is 31.0 Å². The van der Waals surface area contributed by atoms with Crippen LogP contribution in [0.15, 0.2) is 57.1 Å². The summed E-state index contributed by atoms with van der Waals surface area (Å²) in [6, 6.07) is 13.2. The molecule has 1 heterocycles. The molecule has 0 saturated carbocycles. The largest absolute Gasteiger partial charge is 0.497 e. The molecule has 1 N–H and O–H groups in total. The predicted molar refractivity (Wildman–Crippen MR) is 112 cm³/mol. The van der Waals surface area contributed by atoms with E-state index in [1.54, 1.807) is 44.4 Å². The topological polar surface area (TPSA) is 118 Å². The number of nitriles is 1. The van der Waals surface area contributed by atoms with Crippen LogP contribution in [0.2, 0.25) is 0 Å². The van der Waals surface area contributed by atoms with E-state index in [1.807, 2.05) is 6.07 Å². The van der Waals surface area contributed by atoms with Crippen molar-refractivity contribution in [1.29, 1.82) is 5.26 Å². The van der Waals surface area contributed by atoms with E-state index in [2.05, 4.69) is 4.98 Å². The van der Waals surface area contributed by atoms with Crippen molar-refractivity contribution in [2.75, 3.05) is 14.2 Å². The third-order valence-corrected chi connectivity index (χ3v) is 5.45. The summed E-state index contributed by atoms with van der Waals surface area (Å²) in [4.78, 5) is 27.0. The smallest absolute Gasteiger partial charge is 0.270 e. The van der Waals surface area contributed by atoms with E-state index in [0.29, 0.717) is 38.1 Å². The lowest BCUT2D eigenvalue weighted by Crippen LogP contribution is -2.13. The summed E-state index contributed by atoms with van der Waals surface area (Å²) in [5.41, 5.74) is 0.468. The highest BCUT2D eigenvalue weighted by molar-refractivity contribution is 7.99. The molecular formula is C21H17N3O5S. The zero-order chi connectivity index (χ0) is 21.8. The fourth-order valence-electron chi connectivity index (χ4n) is 2.93. The highest BCUT2D eigenvalue weighted by Crippen LogP contribution is 2.43. The Bertz CT molecular complexity index is 1230. The van der Waals surface area contributed by atoms with Crippen LogP contribution < -0.4 is 15.0 Å². The second-order valence-electron chi connectivity index (χ2n) is 6.24. The number of nitro groups is 1. The number of H-pyrrole nitrogens is 1. The number of benzene rings is 2. The minimum Gasteiger partial charge on any atom is -0.497 e. The van der Waals surface area contributed by atoms with Crippen molar-refractivity contribution in [2.45, 2.75) is 16.7 Å². The third kappa shape index (κ3) is 4.14. The first kappa shape index (κ1) is 21.0. The van der Waals surface area contributed by atoms with Crippen molar-refractivity contribution in [2.24, 2.45) is 0 Å². The summed E-state index contributed by atoms with van der Waals surface area (Å²) in [6.45, 7) is 1.68. The van der Waals surface area contributed by atoms with Gasteiger partial charge in [0.05, 0.1) is 24.0 Å². The zero-order valence-corrected chi connectivity index (χ0v) is 17.2. The first-order valence-corrected chi connectivity index (χ1v) is 9.52. The van der Waals surface area contributed by atoms with Gasteiger partial charge in [0.25, 0.3) is 11.2 Å². The van der Waals surface area contributed by atoms with Gasteiger partial charge in [0.15, 0.2) is 0 Å². The molecule has 3 rings (SSSR count). The highest BCUT2D eigenvalue weighted by atomic mass is 32.2. The quantitative estimate of drug-likeness (QED) is 0.464. The lowest BCUT2D eigenvalue weighted by atomic mass is 10.0. The molecule has 9 heteroatoms. The van der Waals surface area contributed by atoms with Crippen molar-refractivity contribution in [3.63, 3.8) is 0 Å². The molecule has 2 aromatic carbocycles. The molecule has 30 heavy (non-hydrogen) atoms. The van der Waals surface area contributed by atoms with E-state index < -0.39 is 10.5 Å². The van der Waals surface area contributed by atoms with Crippen LogP contribution in [0.4, 0.5) is 5.69 Å². The number of non-ortho nitro benzene ring substituents is 1. The van der Waals surface area contributed by atoms with Gasteiger partial charge in [-0.15, -0.1) is 0 Å². The van der Waals surface area contributed by atoms with E-state index in [4.69, 9.17) is 9.47 Å². The van der Waals surface area contributed by atoms with E-state index >= 15 is 0 Å². The Morgan fingerprint density at radius 1 is 1.07 bits per heavy atom. The molecule has 0 aliphatic heterocycles. The number of rotatable bonds is 6. The zero-order valence-electron chi connectivity index (χ0n) is 16.4. The fourth-order valence-corrected chi connectivity index (χ4v) is 4.00. The molecule has 152 valence electrons. The number of nitro benzene ring substituents is 1. The number of nitrogens with one attached hydrogen (secondary N) is 1. The molecular weight excluding hydrogens is 406 g/mol. The lowest BCUT2D eigenvalue weighted by molar-refractivity contribution is -0.384. The lowest BCUT2D eigenvalue weighted by Gasteiger charge is -2.14. The molecule has 0 bridgehead atoms. The molecule has 0 aliphatic rings. The van der Waals surface area contributed by atoms with Crippen LogP contribution >= 0.6 is 11.8 Å². The van der Waals surface area contributed by atoms with Gasteiger partial charge in [-0.3, -0.25) is 14.9 Å². The van der Waals surface area contributed by atoms with Crippen molar-refractivity contribution in [3.05, 3.63) is 74.2 Å². The van der Waals surface area contributed by atoms with Gasteiger partial charge in [-0.1, -0.05) is 11.8 Å². The van der Waals surface area contributed by atoms with Crippen LogP contribution in [0.5, 0.6) is 11.5 Å². The fraction of sp³-hybridized carbons (Fsp3) is 0.143. The summed E-state index contributed by atoms with van der Waals surface area (Å²) in [7, 11) is 3.09. The second kappa shape index (κ2) is 8.71. The number of aromatic amines is 1. The number of hydrogen-bond acceptors (Lipinski definition) is 7. The molecule has 0 unspecified atom stereocenters. The maximum atomic E-state index is 12.3. The average molecular weight is 423 g/mol. The molecule has 3 aromatic rings. The summed E-state index contributed by atoms with van der Waals surface area (Å²) < 4.78 is 10.7. The number of nitrogens with zero attached hydrogens (tertiary/aromatic N) is 2. The number of pyridine rings is 1. The Morgan fingerprint density at radius 3 is 2.47 bits per heavy atom. The SMILES string of the molecule is COc1ccc(OC)c(Sc2ccc([N+](=O)[O-])cc2-c2cc(C)[nH]c(=O)c2C#N)c1. The van der Waals surface area contributed by atoms with Crippen molar-refractivity contribution >= 4 is 17.4 Å². The van der Waals surface area contributed by atoms with Crippen LogP contribution in [-0.2, 0) is 0 Å². The maximum Gasteiger partial charge on any atom is 0.270 e. The minimum atomic E-state index is -0.547. The molecule has 0 atom stereocenters. The standard InChI is InChI=1S/C21H17N3O5S/c1-12-8-15(17(11-22)21(25)23-12)16-9-13(24(26)27)4-7-19(16)30-20-10-14(28-2)5-6-18(20)29-3/h4-10H,1-3H3,(H,23,25). The predicted octanol–water partition coefficient (Wildman–Crippen LogP) is 4.30. The van der Waals surface area contributed by atoms with Gasteiger partial charge < -0.3 is 14.5 Å². The summed E-state index contributed by atoms with van der Waals surface area (Å²) >= 11 is 1.29. The number of aromatic nitrogens is 1. The van der Waals surface area contributed by atoms with Crippen LogP contribution in [0.1, 0.15) is 11.3 Å². The van der Waals surface area contributed by atoms with E-state index in [9.17, 15) is 20.2 Å². The number of aryl methyl sites for hydroxylation is 1. The summed E-state index contributed by atoms with van der Waals surface area (Å²) in [6.07, 6.45) is 0. The molecule has 1 aromatic heterocycles. The molecule has 0 spiro atoms. The number of ether oxygens (including phenoxy) is 2. The monoisotopic (exact) mass is 423 g/mol. The van der Waals surface area contributed by atoms with Gasteiger partial charge >= 0.3 is 0 Å². The number of methoxy groups -OCH3 is 2. The van der Waals surface area contributed by atoms with Crippen LogP contribution in [0, 0.1) is 28.4 Å². The molecule has 8 nitrogen and oxygen atoms in total. The molecule has 0 aliphatic carbocycles. The molecule has 0 radical (unpaired) electrons. The first-order valence-electron chi connectivity index (χ1n) is 8.70. The Kier molecular flexibility index (Phi) is 6.09. The van der Waals surface area contributed by atoms with Crippen molar-refractivity contribution < 1.29 is 14.4 Å².